The highest BCUT2D eigenvalue weighted by Gasteiger charge is 2.27. The van der Waals surface area contributed by atoms with Gasteiger partial charge in [0.1, 0.15) is 0 Å². The average molecular weight is 286 g/mol. The third-order valence-corrected chi connectivity index (χ3v) is 4.20. The molecule has 21 heavy (non-hydrogen) atoms. The lowest BCUT2D eigenvalue weighted by molar-refractivity contribution is -0.119. The molecule has 1 fully saturated rings. The van der Waals surface area contributed by atoms with E-state index in [1.54, 1.807) is 0 Å². The number of carbonyl (C=O) groups is 1. The maximum absolute atomic E-state index is 12.3. The van der Waals surface area contributed by atoms with Crippen LogP contribution in [0, 0.1) is 5.92 Å². The molecule has 0 spiro atoms. The van der Waals surface area contributed by atoms with Gasteiger partial charge in [0.15, 0.2) is 0 Å². The number of fused-ring (bicyclic) bond motifs is 1. The van der Waals surface area contributed by atoms with E-state index in [2.05, 4.69) is 24.3 Å². The van der Waals surface area contributed by atoms with Gasteiger partial charge in [0.2, 0.25) is 5.91 Å². The smallest absolute Gasteiger partial charge is 0.227 e. The summed E-state index contributed by atoms with van der Waals surface area (Å²) in [4.78, 5) is 12.3. The Morgan fingerprint density at radius 1 is 1.43 bits per heavy atom. The van der Waals surface area contributed by atoms with Crippen LogP contribution in [0.25, 0.3) is 10.9 Å². The molecule has 0 saturated heterocycles. The lowest BCUT2D eigenvalue weighted by Crippen LogP contribution is -2.23. The van der Waals surface area contributed by atoms with Crippen LogP contribution in [0.4, 0.5) is 5.69 Å². The van der Waals surface area contributed by atoms with Crippen molar-refractivity contribution in [2.24, 2.45) is 11.7 Å². The standard InChI is InChI=1S/C16H22N4O/c1-10(2)20-15-8-14(6-4-12(15)9-18-20)19-16(21)11-3-5-13(17)7-11/h4,6,8-11,13H,3,5,7,17H2,1-2H3,(H,19,21). The van der Waals surface area contributed by atoms with Crippen molar-refractivity contribution in [1.29, 1.82) is 0 Å². The Morgan fingerprint density at radius 2 is 2.24 bits per heavy atom. The normalized spacial score (nSPS) is 22.1. The summed E-state index contributed by atoms with van der Waals surface area (Å²) in [5.74, 6) is 0.128. The molecule has 1 aliphatic rings. The van der Waals surface area contributed by atoms with Crippen LogP contribution in [-0.4, -0.2) is 21.7 Å². The molecule has 1 aromatic carbocycles. The van der Waals surface area contributed by atoms with Gasteiger partial charge in [0, 0.05) is 29.1 Å². The van der Waals surface area contributed by atoms with Crippen LogP contribution < -0.4 is 11.1 Å². The fourth-order valence-electron chi connectivity index (χ4n) is 3.03. The van der Waals surface area contributed by atoms with Gasteiger partial charge in [-0.3, -0.25) is 9.48 Å². The lowest BCUT2D eigenvalue weighted by Gasteiger charge is -2.12. The Morgan fingerprint density at radius 3 is 2.90 bits per heavy atom. The van der Waals surface area contributed by atoms with Gasteiger partial charge in [-0.05, 0) is 51.3 Å². The summed E-state index contributed by atoms with van der Waals surface area (Å²) in [6, 6.07) is 6.39. The Hall–Kier alpha value is -1.88. The van der Waals surface area contributed by atoms with Crippen molar-refractivity contribution in [3.63, 3.8) is 0 Å². The maximum Gasteiger partial charge on any atom is 0.227 e. The van der Waals surface area contributed by atoms with Crippen molar-refractivity contribution >= 4 is 22.5 Å². The van der Waals surface area contributed by atoms with Crippen LogP contribution in [0.3, 0.4) is 0 Å². The molecule has 5 heteroatoms. The fourth-order valence-corrected chi connectivity index (χ4v) is 3.03. The third-order valence-electron chi connectivity index (χ3n) is 4.20. The number of hydrogen-bond acceptors (Lipinski definition) is 3. The molecule has 112 valence electrons. The van der Waals surface area contributed by atoms with Gasteiger partial charge in [-0.15, -0.1) is 0 Å². The molecular weight excluding hydrogens is 264 g/mol. The van der Waals surface area contributed by atoms with Gasteiger partial charge in [0.25, 0.3) is 0 Å². The predicted molar refractivity (Wildman–Crippen MR) is 84.1 cm³/mol. The first-order chi connectivity index (χ1) is 10.0. The van der Waals surface area contributed by atoms with Crippen LogP contribution in [0.2, 0.25) is 0 Å². The lowest BCUT2D eigenvalue weighted by atomic mass is 10.1. The number of nitrogens with one attached hydrogen (secondary N) is 1. The average Bonchev–Trinajstić information content (AvgIpc) is 3.04. The molecule has 0 radical (unpaired) electrons. The van der Waals surface area contributed by atoms with Gasteiger partial charge < -0.3 is 11.1 Å². The first-order valence-electron chi connectivity index (χ1n) is 7.58. The molecule has 1 heterocycles. The zero-order chi connectivity index (χ0) is 15.0. The minimum Gasteiger partial charge on any atom is -0.328 e. The summed E-state index contributed by atoms with van der Waals surface area (Å²) in [5, 5.41) is 8.49. The van der Waals surface area contributed by atoms with Gasteiger partial charge in [0.05, 0.1) is 11.7 Å². The largest absolute Gasteiger partial charge is 0.328 e. The van der Waals surface area contributed by atoms with Gasteiger partial charge >= 0.3 is 0 Å². The van der Waals surface area contributed by atoms with E-state index in [1.807, 2.05) is 29.1 Å². The molecule has 3 rings (SSSR count). The van der Waals surface area contributed by atoms with E-state index in [1.165, 1.54) is 0 Å². The van der Waals surface area contributed by atoms with E-state index < -0.39 is 0 Å². The van der Waals surface area contributed by atoms with E-state index in [0.717, 1.165) is 35.9 Å². The number of anilines is 1. The maximum atomic E-state index is 12.3. The molecule has 5 nitrogen and oxygen atoms in total. The Kier molecular flexibility index (Phi) is 3.68. The molecule has 1 amide bonds. The van der Waals surface area contributed by atoms with Crippen LogP contribution >= 0.6 is 0 Å². The molecular formula is C16H22N4O. The molecule has 2 atom stereocenters. The summed E-state index contributed by atoms with van der Waals surface area (Å²) in [7, 11) is 0. The fraction of sp³-hybridized carbons (Fsp3) is 0.500. The molecule has 2 aromatic rings. The van der Waals surface area contributed by atoms with Crippen LogP contribution in [0.5, 0.6) is 0 Å². The zero-order valence-electron chi connectivity index (χ0n) is 12.5. The van der Waals surface area contributed by atoms with E-state index >= 15 is 0 Å². The summed E-state index contributed by atoms with van der Waals surface area (Å²) in [5.41, 5.74) is 7.75. The Bertz CT molecular complexity index is 661. The molecule has 2 unspecified atom stereocenters. The number of amides is 1. The van der Waals surface area contributed by atoms with Crippen molar-refractivity contribution in [3.05, 3.63) is 24.4 Å². The van der Waals surface area contributed by atoms with Crippen molar-refractivity contribution in [3.8, 4) is 0 Å². The minimum atomic E-state index is 0.0470. The first-order valence-corrected chi connectivity index (χ1v) is 7.58. The van der Waals surface area contributed by atoms with Gasteiger partial charge in [-0.2, -0.15) is 5.10 Å². The number of hydrogen-bond donors (Lipinski definition) is 2. The summed E-state index contributed by atoms with van der Waals surface area (Å²) >= 11 is 0. The second-order valence-electron chi connectivity index (χ2n) is 6.22. The Balaban J connectivity index is 1.81. The molecule has 0 aliphatic heterocycles. The highest BCUT2D eigenvalue weighted by atomic mass is 16.1. The quantitative estimate of drug-likeness (QED) is 0.911. The zero-order valence-corrected chi connectivity index (χ0v) is 12.5. The number of benzene rings is 1. The van der Waals surface area contributed by atoms with Crippen molar-refractivity contribution < 1.29 is 4.79 Å². The minimum absolute atomic E-state index is 0.0470. The van der Waals surface area contributed by atoms with Crippen LogP contribution in [0.15, 0.2) is 24.4 Å². The first kappa shape index (κ1) is 14.1. The van der Waals surface area contributed by atoms with Crippen molar-refractivity contribution in [1.82, 2.24) is 9.78 Å². The number of nitrogens with zero attached hydrogens (tertiary/aromatic N) is 2. The van der Waals surface area contributed by atoms with E-state index in [4.69, 9.17) is 5.73 Å². The number of rotatable bonds is 3. The van der Waals surface area contributed by atoms with E-state index in [-0.39, 0.29) is 17.9 Å². The molecule has 3 N–H and O–H groups in total. The topological polar surface area (TPSA) is 72.9 Å². The second-order valence-corrected chi connectivity index (χ2v) is 6.22. The van der Waals surface area contributed by atoms with Crippen LogP contribution in [0.1, 0.15) is 39.2 Å². The SMILES string of the molecule is CC(C)n1ncc2ccc(NC(=O)C3CCC(N)C3)cc21. The van der Waals surface area contributed by atoms with Crippen molar-refractivity contribution in [2.45, 2.75) is 45.2 Å². The number of aromatic nitrogens is 2. The van der Waals surface area contributed by atoms with Crippen molar-refractivity contribution in [2.75, 3.05) is 5.32 Å². The molecule has 1 aromatic heterocycles. The monoisotopic (exact) mass is 286 g/mol. The van der Waals surface area contributed by atoms with Gasteiger partial charge in [-0.1, -0.05) is 0 Å². The molecule has 1 saturated carbocycles. The third kappa shape index (κ3) is 2.78. The highest BCUT2D eigenvalue weighted by Crippen LogP contribution is 2.27. The molecule has 1 aliphatic carbocycles. The summed E-state index contributed by atoms with van der Waals surface area (Å²) in [6.07, 6.45) is 4.48. The van der Waals surface area contributed by atoms with Gasteiger partial charge in [-0.25, -0.2) is 0 Å². The number of carbonyl (C=O) groups excluding carboxylic acids is 1. The summed E-state index contributed by atoms with van der Waals surface area (Å²) in [6.45, 7) is 4.19. The highest BCUT2D eigenvalue weighted by molar-refractivity contribution is 5.95. The Labute approximate surface area is 124 Å². The number of nitrogens with two attached hydrogens (primary N) is 1. The molecule has 0 bridgehead atoms. The predicted octanol–water partition coefficient (Wildman–Crippen LogP) is 2.68. The van der Waals surface area contributed by atoms with E-state index in [9.17, 15) is 4.79 Å². The summed E-state index contributed by atoms with van der Waals surface area (Å²) < 4.78 is 1.97. The second kappa shape index (κ2) is 5.48. The van der Waals surface area contributed by atoms with Crippen LogP contribution in [-0.2, 0) is 4.79 Å². The van der Waals surface area contributed by atoms with E-state index in [0.29, 0.717) is 6.04 Å².